The number of amides is 3. The van der Waals surface area contributed by atoms with Gasteiger partial charge in [-0.2, -0.15) is 0 Å². The largest absolute Gasteiger partial charge is 0.370 e. The van der Waals surface area contributed by atoms with Crippen molar-refractivity contribution in [3.63, 3.8) is 0 Å². The van der Waals surface area contributed by atoms with Gasteiger partial charge in [0.25, 0.3) is 0 Å². The maximum absolute atomic E-state index is 12.1. The number of nitrogens with zero attached hydrogens (tertiary/aromatic N) is 1. The number of rotatable bonds is 9. The molecule has 0 aromatic rings. The molecule has 6 heteroatoms. The van der Waals surface area contributed by atoms with Crippen LogP contribution in [0.1, 0.15) is 79.6 Å². The Morgan fingerprint density at radius 3 is 2.12 bits per heavy atom. The van der Waals surface area contributed by atoms with E-state index in [1.165, 1.54) is 6.42 Å². The number of hydrogen-bond acceptors (Lipinski definition) is 3. The van der Waals surface area contributed by atoms with Crippen molar-refractivity contribution in [1.29, 1.82) is 0 Å². The van der Waals surface area contributed by atoms with E-state index in [0.717, 1.165) is 45.2 Å². The van der Waals surface area contributed by atoms with Crippen molar-refractivity contribution in [3.8, 4) is 0 Å². The minimum atomic E-state index is -0.475. The van der Waals surface area contributed by atoms with Crippen molar-refractivity contribution in [3.05, 3.63) is 0 Å². The van der Waals surface area contributed by atoms with E-state index >= 15 is 0 Å². The second-order valence-corrected chi connectivity index (χ2v) is 6.38. The van der Waals surface area contributed by atoms with E-state index < -0.39 is 11.8 Å². The summed E-state index contributed by atoms with van der Waals surface area (Å²) in [6.45, 7) is 7.89. The van der Waals surface area contributed by atoms with Crippen LogP contribution in [0.3, 0.4) is 0 Å². The molecular weight excluding hydrogens is 318 g/mol. The number of primary amides is 1. The molecule has 1 saturated heterocycles. The van der Waals surface area contributed by atoms with Crippen LogP contribution in [-0.4, -0.2) is 42.3 Å². The van der Waals surface area contributed by atoms with Gasteiger partial charge in [0.2, 0.25) is 17.7 Å². The molecule has 1 aliphatic rings. The lowest BCUT2D eigenvalue weighted by Crippen LogP contribution is -2.41. The predicted molar refractivity (Wildman–Crippen MR) is 103 cm³/mol. The topological polar surface area (TPSA) is 92.5 Å². The summed E-state index contributed by atoms with van der Waals surface area (Å²) in [5.41, 5.74) is 5.20. The highest BCUT2D eigenvalue weighted by Crippen LogP contribution is 2.14. The molecule has 1 fully saturated rings. The zero-order valence-electron chi connectivity index (χ0n) is 15.6. The summed E-state index contributed by atoms with van der Waals surface area (Å²) in [5, 5.41) is 2.65. The summed E-state index contributed by atoms with van der Waals surface area (Å²) in [6.07, 6.45) is 6.96. The Labute approximate surface area is 153 Å². The van der Waals surface area contributed by atoms with Crippen molar-refractivity contribution in [2.75, 3.05) is 19.6 Å². The van der Waals surface area contributed by atoms with Gasteiger partial charge < -0.3 is 16.0 Å². The third kappa shape index (κ3) is 12.4. The maximum atomic E-state index is 12.1. The predicted octanol–water partition coefficient (Wildman–Crippen LogP) is 2.85. The lowest BCUT2D eigenvalue weighted by Gasteiger charge is -2.18. The van der Waals surface area contributed by atoms with Crippen LogP contribution >= 0.6 is 0 Å². The van der Waals surface area contributed by atoms with Crippen LogP contribution in [0.25, 0.3) is 0 Å². The van der Waals surface area contributed by atoms with Gasteiger partial charge in [0.15, 0.2) is 0 Å². The van der Waals surface area contributed by atoms with Gasteiger partial charge in [-0.15, -0.1) is 0 Å². The fraction of sp³-hybridized carbons (Fsp3) is 0.842. The molecule has 1 atom stereocenters. The zero-order chi connectivity index (χ0) is 18.4. The third-order valence-electron chi connectivity index (χ3n) is 3.85. The van der Waals surface area contributed by atoms with Gasteiger partial charge in [-0.1, -0.05) is 53.9 Å². The Balaban J connectivity index is 0. The van der Waals surface area contributed by atoms with E-state index in [1.807, 2.05) is 0 Å². The number of nitrogens with two attached hydrogens (primary N) is 1. The van der Waals surface area contributed by atoms with Crippen molar-refractivity contribution < 1.29 is 14.4 Å². The first-order valence-electron chi connectivity index (χ1n) is 9.29. The number of carbonyl (C=O) groups excluding carboxylic acids is 3. The van der Waals surface area contributed by atoms with E-state index in [0.29, 0.717) is 6.42 Å². The molecule has 0 aromatic carbocycles. The zero-order valence-corrected chi connectivity index (χ0v) is 15.6. The molecule has 1 aliphatic heterocycles. The van der Waals surface area contributed by atoms with E-state index in [2.05, 4.69) is 26.1 Å². The molecule has 0 spiro atoms. The Hall–Kier alpha value is -1.59. The number of carbonyl (C=O) groups is 3. The molecule has 3 amide bonds. The quantitative estimate of drug-likeness (QED) is 0.621. The minimum absolute atomic E-state index is 0. The highest BCUT2D eigenvalue weighted by atomic mass is 16.2. The van der Waals surface area contributed by atoms with Crippen molar-refractivity contribution in [1.82, 2.24) is 10.2 Å². The molecule has 0 aromatic heterocycles. The standard InChI is InChI=1S/C15H27N3O3.C3H8.CH4/c1-2-3-4-7-12(10-13(16)19)15(21)17-11-14(20)18-8-5-6-9-18;1-3-2;/h12H,2-11H2,1H3,(H2,16,19)(H,17,21);3H2,1-2H3;1H4. The van der Waals surface area contributed by atoms with E-state index in [-0.39, 0.29) is 32.2 Å². The first-order chi connectivity index (χ1) is 11.5. The molecule has 148 valence electrons. The number of likely N-dealkylation sites (tertiary alicyclic amines) is 1. The van der Waals surface area contributed by atoms with Crippen molar-refractivity contribution >= 4 is 17.7 Å². The van der Waals surface area contributed by atoms with Gasteiger partial charge >= 0.3 is 0 Å². The number of hydrogen-bond donors (Lipinski definition) is 2. The van der Waals surface area contributed by atoms with Gasteiger partial charge in [0.1, 0.15) is 0 Å². The molecule has 0 saturated carbocycles. The molecule has 6 nitrogen and oxygen atoms in total. The smallest absolute Gasteiger partial charge is 0.241 e. The molecular formula is C19H39N3O3. The fourth-order valence-corrected chi connectivity index (χ4v) is 2.59. The normalized spacial score (nSPS) is 14.0. The third-order valence-corrected chi connectivity index (χ3v) is 3.85. The summed E-state index contributed by atoms with van der Waals surface area (Å²) in [7, 11) is 0. The minimum Gasteiger partial charge on any atom is -0.370 e. The second kappa shape index (κ2) is 15.9. The first-order valence-corrected chi connectivity index (χ1v) is 9.29. The van der Waals surface area contributed by atoms with Gasteiger partial charge in [-0.3, -0.25) is 14.4 Å². The van der Waals surface area contributed by atoms with Crippen LogP contribution in [0, 0.1) is 5.92 Å². The number of unbranched alkanes of at least 4 members (excludes halogenated alkanes) is 2. The van der Waals surface area contributed by atoms with Crippen LogP contribution in [0.2, 0.25) is 0 Å². The van der Waals surface area contributed by atoms with Crippen molar-refractivity contribution in [2.24, 2.45) is 11.7 Å². The first kappa shape index (κ1) is 25.6. The Morgan fingerprint density at radius 2 is 1.64 bits per heavy atom. The van der Waals surface area contributed by atoms with Gasteiger partial charge in [0.05, 0.1) is 6.54 Å². The van der Waals surface area contributed by atoms with E-state index in [1.54, 1.807) is 4.90 Å². The maximum Gasteiger partial charge on any atom is 0.241 e. The van der Waals surface area contributed by atoms with Crippen LogP contribution in [0.15, 0.2) is 0 Å². The lowest BCUT2D eigenvalue weighted by molar-refractivity contribution is -0.134. The molecule has 0 aliphatic carbocycles. The Morgan fingerprint density at radius 1 is 1.08 bits per heavy atom. The monoisotopic (exact) mass is 357 g/mol. The fourth-order valence-electron chi connectivity index (χ4n) is 2.59. The van der Waals surface area contributed by atoms with Crippen LogP contribution in [-0.2, 0) is 14.4 Å². The molecule has 1 heterocycles. The SMILES string of the molecule is C.CCC.CCCCCC(CC(N)=O)C(=O)NCC(=O)N1CCCC1. The molecule has 1 rings (SSSR count). The van der Waals surface area contributed by atoms with Crippen LogP contribution < -0.4 is 11.1 Å². The van der Waals surface area contributed by atoms with Gasteiger partial charge in [-0.05, 0) is 19.3 Å². The summed E-state index contributed by atoms with van der Waals surface area (Å²) in [5.74, 6) is -1.18. The molecule has 0 bridgehead atoms. The van der Waals surface area contributed by atoms with Crippen molar-refractivity contribution in [2.45, 2.75) is 79.6 Å². The summed E-state index contributed by atoms with van der Waals surface area (Å²) in [6, 6.07) is 0. The average molecular weight is 358 g/mol. The Kier molecular flexibility index (Phi) is 16.3. The van der Waals surface area contributed by atoms with Crippen LogP contribution in [0.4, 0.5) is 0 Å². The Bertz CT molecular complexity index is 380. The highest BCUT2D eigenvalue weighted by molar-refractivity contribution is 5.88. The molecule has 0 radical (unpaired) electrons. The van der Waals surface area contributed by atoms with Gasteiger partial charge in [0, 0.05) is 25.4 Å². The summed E-state index contributed by atoms with van der Waals surface area (Å²) >= 11 is 0. The lowest BCUT2D eigenvalue weighted by atomic mass is 9.96. The number of nitrogens with one attached hydrogen (secondary N) is 1. The molecule has 25 heavy (non-hydrogen) atoms. The average Bonchev–Trinajstić information content (AvgIpc) is 3.06. The molecule has 1 unspecified atom stereocenters. The summed E-state index contributed by atoms with van der Waals surface area (Å²) in [4.78, 5) is 36.8. The van der Waals surface area contributed by atoms with E-state index in [4.69, 9.17) is 5.73 Å². The highest BCUT2D eigenvalue weighted by Gasteiger charge is 2.23. The summed E-state index contributed by atoms with van der Waals surface area (Å²) < 4.78 is 0. The van der Waals surface area contributed by atoms with Gasteiger partial charge in [-0.25, -0.2) is 0 Å². The van der Waals surface area contributed by atoms with E-state index in [9.17, 15) is 14.4 Å². The van der Waals surface area contributed by atoms with Crippen LogP contribution in [0.5, 0.6) is 0 Å². The second-order valence-electron chi connectivity index (χ2n) is 6.38. The molecule has 3 N–H and O–H groups in total.